The van der Waals surface area contributed by atoms with Gasteiger partial charge in [-0.05, 0) is 65.4 Å². The van der Waals surface area contributed by atoms with Crippen LogP contribution in [0, 0.1) is 11.3 Å². The smallest absolute Gasteiger partial charge is 0.225 e. The van der Waals surface area contributed by atoms with Gasteiger partial charge in [0.2, 0.25) is 5.91 Å². The maximum atomic E-state index is 12.2. The largest absolute Gasteiger partial charge is 0.359 e. The zero-order chi connectivity index (χ0) is 21.6. The molecular weight excluding hydrogens is 458 g/mol. The van der Waals surface area contributed by atoms with Gasteiger partial charge in [-0.15, -0.1) is 0 Å². The maximum Gasteiger partial charge on any atom is 0.225 e. The molecule has 3 heterocycles. The molecule has 5 rings (SSSR count). The van der Waals surface area contributed by atoms with Gasteiger partial charge in [-0.2, -0.15) is 15.3 Å². The number of halogens is 1. The summed E-state index contributed by atoms with van der Waals surface area (Å²) in [6, 6.07) is 7.84. The first-order chi connectivity index (χ1) is 15.0. The van der Waals surface area contributed by atoms with E-state index in [0.29, 0.717) is 10.5 Å². The topological polar surface area (TPSA) is 98.5 Å². The minimum absolute atomic E-state index is 0.120. The van der Waals surface area contributed by atoms with Crippen LogP contribution in [-0.4, -0.2) is 42.9 Å². The van der Waals surface area contributed by atoms with Crippen LogP contribution >= 0.6 is 15.9 Å². The molecule has 4 aromatic rings. The predicted molar refractivity (Wildman–Crippen MR) is 121 cm³/mol. The van der Waals surface area contributed by atoms with Crippen molar-refractivity contribution in [1.82, 2.24) is 35.3 Å². The monoisotopic (exact) mass is 479 g/mol. The van der Waals surface area contributed by atoms with Crippen LogP contribution in [0.3, 0.4) is 0 Å². The summed E-state index contributed by atoms with van der Waals surface area (Å²) >= 11 is 3.54. The molecular formula is C22H22BrN7O. The van der Waals surface area contributed by atoms with Gasteiger partial charge < -0.3 is 5.32 Å². The molecule has 0 radical (unpaired) electrons. The first-order valence-electron chi connectivity index (χ1n) is 10.3. The van der Waals surface area contributed by atoms with E-state index in [2.05, 4.69) is 41.5 Å². The molecule has 8 nitrogen and oxygen atoms in total. The van der Waals surface area contributed by atoms with Gasteiger partial charge in [0.1, 0.15) is 10.4 Å². The number of nitrogens with zero attached hydrogens (tertiary/aromatic N) is 6. The lowest BCUT2D eigenvalue weighted by molar-refractivity contribution is -0.129. The van der Waals surface area contributed by atoms with Crippen LogP contribution in [0.25, 0.3) is 27.6 Å². The third kappa shape index (κ3) is 3.56. The summed E-state index contributed by atoms with van der Waals surface area (Å²) in [5, 5.41) is 17.4. The van der Waals surface area contributed by atoms with Crippen LogP contribution < -0.4 is 5.32 Å². The van der Waals surface area contributed by atoms with E-state index >= 15 is 0 Å². The Kier molecular flexibility index (Phi) is 4.92. The molecule has 0 spiro atoms. The molecule has 1 aromatic carbocycles. The predicted octanol–water partition coefficient (Wildman–Crippen LogP) is 3.62. The van der Waals surface area contributed by atoms with E-state index in [-0.39, 0.29) is 11.3 Å². The zero-order valence-electron chi connectivity index (χ0n) is 17.3. The number of hydrogen-bond acceptors (Lipinski definition) is 6. The third-order valence-corrected chi connectivity index (χ3v) is 6.85. The van der Waals surface area contributed by atoms with Crippen molar-refractivity contribution in [3.8, 4) is 5.69 Å². The second-order valence-corrected chi connectivity index (χ2v) is 9.20. The fourth-order valence-electron chi connectivity index (χ4n) is 4.59. The fraction of sp³-hybridized carbons (Fsp3) is 0.364. The standard InChI is InChI=1S/C22H22BrN7O/c1-22(21(31)24-2)7-5-13(11-22)9-18-25-12-16-19(23)29-30(20(16)27-18)15-3-4-17-14(10-15)6-8-26-28-17/h3-4,6,8,10,12-13H,5,7,9,11H2,1-2H3,(H,24,31)/t13-,22+/m0/s1. The maximum absolute atomic E-state index is 12.2. The Bertz CT molecular complexity index is 1300. The summed E-state index contributed by atoms with van der Waals surface area (Å²) in [4.78, 5) is 21.7. The second kappa shape index (κ2) is 7.64. The van der Waals surface area contributed by atoms with Gasteiger partial charge in [-0.3, -0.25) is 4.79 Å². The number of aromatic nitrogens is 6. The molecule has 0 unspecified atom stereocenters. The molecule has 0 aliphatic heterocycles. The zero-order valence-corrected chi connectivity index (χ0v) is 18.9. The Hall–Kier alpha value is -2.94. The van der Waals surface area contributed by atoms with Gasteiger partial charge in [0.05, 0.1) is 22.8 Å². The summed E-state index contributed by atoms with van der Waals surface area (Å²) in [5.41, 5.74) is 2.18. The van der Waals surface area contributed by atoms with Crippen LogP contribution in [-0.2, 0) is 11.2 Å². The number of amides is 1. The molecule has 1 aliphatic carbocycles. The van der Waals surface area contributed by atoms with Crippen LogP contribution in [0.5, 0.6) is 0 Å². The van der Waals surface area contributed by atoms with Crippen LogP contribution in [0.4, 0.5) is 0 Å². The fourth-order valence-corrected chi connectivity index (χ4v) is 5.03. The van der Waals surface area contributed by atoms with Crippen molar-refractivity contribution in [2.24, 2.45) is 11.3 Å². The van der Waals surface area contributed by atoms with E-state index in [9.17, 15) is 4.79 Å². The molecule has 1 fully saturated rings. The van der Waals surface area contributed by atoms with Gasteiger partial charge in [0.15, 0.2) is 5.65 Å². The minimum atomic E-state index is -0.303. The van der Waals surface area contributed by atoms with E-state index in [4.69, 9.17) is 4.98 Å². The Morgan fingerprint density at radius 2 is 2.23 bits per heavy atom. The molecule has 0 saturated heterocycles. The first-order valence-corrected chi connectivity index (χ1v) is 11.1. The summed E-state index contributed by atoms with van der Waals surface area (Å²) in [6.45, 7) is 2.05. The number of fused-ring (bicyclic) bond motifs is 2. The molecule has 0 bridgehead atoms. The number of benzene rings is 1. The van der Waals surface area contributed by atoms with E-state index in [1.807, 2.05) is 42.1 Å². The molecule has 1 amide bonds. The quantitative estimate of drug-likeness (QED) is 0.479. The number of rotatable bonds is 4. The molecule has 3 aromatic heterocycles. The molecule has 158 valence electrons. The average Bonchev–Trinajstić information content (AvgIpc) is 3.33. The lowest BCUT2D eigenvalue weighted by Crippen LogP contribution is -2.35. The summed E-state index contributed by atoms with van der Waals surface area (Å²) in [5.74, 6) is 1.28. The third-order valence-electron chi connectivity index (χ3n) is 6.26. The number of hydrogen-bond donors (Lipinski definition) is 1. The van der Waals surface area contributed by atoms with Crippen molar-refractivity contribution in [2.45, 2.75) is 32.6 Å². The van der Waals surface area contributed by atoms with E-state index in [0.717, 1.165) is 59.1 Å². The van der Waals surface area contributed by atoms with Gasteiger partial charge in [0.25, 0.3) is 0 Å². The summed E-state index contributed by atoms with van der Waals surface area (Å²) < 4.78 is 2.53. The van der Waals surface area contributed by atoms with Crippen molar-refractivity contribution in [2.75, 3.05) is 7.05 Å². The second-order valence-electron chi connectivity index (χ2n) is 8.45. The Balaban J connectivity index is 1.48. The highest BCUT2D eigenvalue weighted by molar-refractivity contribution is 9.10. The van der Waals surface area contributed by atoms with Crippen LogP contribution in [0.2, 0.25) is 0 Å². The van der Waals surface area contributed by atoms with Gasteiger partial charge in [-0.1, -0.05) is 6.92 Å². The van der Waals surface area contributed by atoms with Crippen molar-refractivity contribution < 1.29 is 4.79 Å². The molecule has 1 N–H and O–H groups in total. The number of nitrogens with one attached hydrogen (secondary N) is 1. The lowest BCUT2D eigenvalue weighted by Gasteiger charge is -2.21. The van der Waals surface area contributed by atoms with E-state index in [1.54, 1.807) is 13.2 Å². The first kappa shape index (κ1) is 20.0. The van der Waals surface area contributed by atoms with Gasteiger partial charge in [-0.25, -0.2) is 14.6 Å². The van der Waals surface area contributed by atoms with Crippen LogP contribution in [0.1, 0.15) is 32.0 Å². The van der Waals surface area contributed by atoms with E-state index in [1.165, 1.54) is 0 Å². The van der Waals surface area contributed by atoms with Crippen molar-refractivity contribution in [3.63, 3.8) is 0 Å². The molecule has 31 heavy (non-hydrogen) atoms. The normalized spacial score (nSPS) is 21.1. The molecule has 9 heteroatoms. The van der Waals surface area contributed by atoms with Gasteiger partial charge in [0, 0.05) is 30.5 Å². The Morgan fingerprint density at radius 1 is 1.35 bits per heavy atom. The number of carbonyl (C=O) groups is 1. The highest BCUT2D eigenvalue weighted by atomic mass is 79.9. The van der Waals surface area contributed by atoms with Crippen molar-refractivity contribution >= 4 is 43.8 Å². The van der Waals surface area contributed by atoms with Crippen molar-refractivity contribution in [3.05, 3.63) is 47.1 Å². The SMILES string of the molecule is CNC(=O)[C@]1(C)CC[C@@H](Cc2ncc3c(Br)nn(-c4ccc5nnccc5c4)c3n2)C1. The summed E-state index contributed by atoms with van der Waals surface area (Å²) in [6.07, 6.45) is 6.99. The molecule has 1 aliphatic rings. The minimum Gasteiger partial charge on any atom is -0.359 e. The highest BCUT2D eigenvalue weighted by Gasteiger charge is 2.40. The van der Waals surface area contributed by atoms with Crippen molar-refractivity contribution in [1.29, 1.82) is 0 Å². The Morgan fingerprint density at radius 3 is 3.06 bits per heavy atom. The van der Waals surface area contributed by atoms with Gasteiger partial charge >= 0.3 is 0 Å². The summed E-state index contributed by atoms with van der Waals surface area (Å²) in [7, 11) is 1.70. The van der Waals surface area contributed by atoms with Crippen LogP contribution in [0.15, 0.2) is 41.3 Å². The molecule has 2 atom stereocenters. The van der Waals surface area contributed by atoms with E-state index < -0.39 is 0 Å². The average molecular weight is 480 g/mol. The lowest BCUT2D eigenvalue weighted by atomic mass is 9.86. The number of carbonyl (C=O) groups excluding carboxylic acids is 1. The highest BCUT2D eigenvalue weighted by Crippen LogP contribution is 2.42. The Labute approximate surface area is 187 Å². The molecule has 1 saturated carbocycles.